The molecule has 0 unspecified atom stereocenters. The number of nitrogens with zero attached hydrogens (tertiary/aromatic N) is 3. The van der Waals surface area contributed by atoms with Crippen LogP contribution in [0.3, 0.4) is 0 Å². The van der Waals surface area contributed by atoms with E-state index in [4.69, 9.17) is 4.74 Å². The summed E-state index contributed by atoms with van der Waals surface area (Å²) in [5.41, 5.74) is 2.87. The third-order valence-corrected chi connectivity index (χ3v) is 6.62. The van der Waals surface area contributed by atoms with Crippen molar-refractivity contribution in [3.63, 3.8) is 0 Å². The predicted molar refractivity (Wildman–Crippen MR) is 128 cm³/mol. The number of hydrogen-bond donors (Lipinski definition) is 1. The second-order valence-electron chi connectivity index (χ2n) is 8.57. The molecule has 2 aromatic carbocycles. The maximum Gasteiger partial charge on any atom is 0.322 e. The molecular formula is C26H30N4O4. The quantitative estimate of drug-likeness (QED) is 0.686. The Morgan fingerprint density at radius 2 is 1.82 bits per heavy atom. The Hall–Kier alpha value is -3.81. The van der Waals surface area contributed by atoms with Crippen molar-refractivity contribution in [2.45, 2.75) is 25.4 Å². The van der Waals surface area contributed by atoms with Crippen LogP contribution in [0.5, 0.6) is 5.75 Å². The average Bonchev–Trinajstić information content (AvgIpc) is 3.21. The smallest absolute Gasteiger partial charge is 0.322 e. The zero-order valence-corrected chi connectivity index (χ0v) is 19.9. The highest BCUT2D eigenvalue weighted by molar-refractivity contribution is 6.03. The molecule has 2 aromatic rings. The van der Waals surface area contributed by atoms with Crippen LogP contribution in [0.15, 0.2) is 65.9 Å². The molecule has 2 heterocycles. The number of ether oxygens (including phenoxy) is 1. The van der Waals surface area contributed by atoms with Gasteiger partial charge in [0.1, 0.15) is 11.8 Å². The standard InChI is InChI=1S/C26H30N4O4/c1-5-28(2)24(31)20(15-17-9-7-6-8-10-17)30-16-21-22(25(30)32)23(27-26(33)29(21)3)18-11-13-19(34-4)14-12-18/h6-14,20,23H,5,15-16H2,1-4H3,(H,27,33)/t20-,23-/m0/s1. The van der Waals surface area contributed by atoms with Crippen LogP contribution in [0.4, 0.5) is 4.79 Å². The molecule has 8 heteroatoms. The topological polar surface area (TPSA) is 82.2 Å². The Kier molecular flexibility index (Phi) is 6.58. The first kappa shape index (κ1) is 23.4. The molecule has 34 heavy (non-hydrogen) atoms. The van der Waals surface area contributed by atoms with E-state index in [-0.39, 0.29) is 24.4 Å². The van der Waals surface area contributed by atoms with Crippen molar-refractivity contribution < 1.29 is 19.1 Å². The van der Waals surface area contributed by atoms with Crippen molar-refractivity contribution >= 4 is 17.8 Å². The van der Waals surface area contributed by atoms with E-state index in [1.165, 1.54) is 4.90 Å². The summed E-state index contributed by atoms with van der Waals surface area (Å²) in [6.07, 6.45) is 0.397. The highest BCUT2D eigenvalue weighted by atomic mass is 16.5. The molecule has 4 rings (SSSR count). The molecule has 0 saturated heterocycles. The molecule has 0 aromatic heterocycles. The van der Waals surface area contributed by atoms with Gasteiger partial charge in [-0.25, -0.2) is 4.79 Å². The lowest BCUT2D eigenvalue weighted by Gasteiger charge is -2.31. The maximum absolute atomic E-state index is 13.8. The second-order valence-corrected chi connectivity index (χ2v) is 8.57. The fraction of sp³-hybridized carbons (Fsp3) is 0.346. The first-order valence-corrected chi connectivity index (χ1v) is 11.4. The van der Waals surface area contributed by atoms with E-state index in [1.807, 2.05) is 49.4 Å². The number of carbonyl (C=O) groups excluding carboxylic acids is 3. The minimum atomic E-state index is -0.675. The molecule has 2 aliphatic heterocycles. The van der Waals surface area contributed by atoms with Crippen molar-refractivity contribution in [3.05, 3.63) is 77.0 Å². The zero-order chi connectivity index (χ0) is 24.4. The summed E-state index contributed by atoms with van der Waals surface area (Å²) in [4.78, 5) is 44.7. The van der Waals surface area contributed by atoms with Crippen molar-refractivity contribution in [2.24, 2.45) is 0 Å². The van der Waals surface area contributed by atoms with E-state index in [1.54, 1.807) is 43.1 Å². The Balaban J connectivity index is 1.70. The minimum Gasteiger partial charge on any atom is -0.497 e. The third-order valence-electron chi connectivity index (χ3n) is 6.62. The largest absolute Gasteiger partial charge is 0.497 e. The molecule has 0 saturated carbocycles. The van der Waals surface area contributed by atoms with Gasteiger partial charge in [-0.15, -0.1) is 0 Å². The monoisotopic (exact) mass is 462 g/mol. The number of rotatable bonds is 7. The van der Waals surface area contributed by atoms with Crippen molar-refractivity contribution in [2.75, 3.05) is 34.3 Å². The molecular weight excluding hydrogens is 432 g/mol. The molecule has 0 aliphatic carbocycles. The summed E-state index contributed by atoms with van der Waals surface area (Å²) in [6.45, 7) is 2.64. The van der Waals surface area contributed by atoms with Crippen LogP contribution in [-0.2, 0) is 16.0 Å². The van der Waals surface area contributed by atoms with Crippen LogP contribution in [0.25, 0.3) is 0 Å². The van der Waals surface area contributed by atoms with Gasteiger partial charge in [-0.1, -0.05) is 42.5 Å². The molecule has 2 atom stereocenters. The van der Waals surface area contributed by atoms with Gasteiger partial charge in [0.15, 0.2) is 0 Å². The van der Waals surface area contributed by atoms with Crippen LogP contribution in [0.2, 0.25) is 0 Å². The number of methoxy groups -OCH3 is 1. The summed E-state index contributed by atoms with van der Waals surface area (Å²) in [5.74, 6) is 0.330. The number of hydrogen-bond acceptors (Lipinski definition) is 4. The molecule has 0 spiro atoms. The molecule has 0 fully saturated rings. The summed E-state index contributed by atoms with van der Waals surface area (Å²) >= 11 is 0. The van der Waals surface area contributed by atoms with Crippen LogP contribution >= 0.6 is 0 Å². The first-order valence-electron chi connectivity index (χ1n) is 11.4. The van der Waals surface area contributed by atoms with E-state index >= 15 is 0 Å². The summed E-state index contributed by atoms with van der Waals surface area (Å²) in [6, 6.07) is 15.4. The molecule has 2 aliphatic rings. The number of amides is 4. The van der Waals surface area contributed by atoms with Gasteiger partial charge in [0, 0.05) is 27.1 Å². The van der Waals surface area contributed by atoms with Crippen LogP contribution < -0.4 is 10.1 Å². The van der Waals surface area contributed by atoms with E-state index in [0.717, 1.165) is 11.1 Å². The summed E-state index contributed by atoms with van der Waals surface area (Å²) < 4.78 is 5.24. The first-order chi connectivity index (χ1) is 16.3. The summed E-state index contributed by atoms with van der Waals surface area (Å²) in [7, 11) is 4.98. The average molecular weight is 463 g/mol. The normalized spacial score (nSPS) is 18.5. The van der Waals surface area contributed by atoms with Crippen molar-refractivity contribution in [3.8, 4) is 5.75 Å². The predicted octanol–water partition coefficient (Wildman–Crippen LogP) is 2.58. The fourth-order valence-electron chi connectivity index (χ4n) is 4.46. The lowest BCUT2D eigenvalue weighted by molar-refractivity contribution is -0.141. The zero-order valence-electron chi connectivity index (χ0n) is 19.9. The molecule has 1 N–H and O–H groups in total. The van der Waals surface area contributed by atoms with Gasteiger partial charge in [0.05, 0.1) is 31.0 Å². The van der Waals surface area contributed by atoms with E-state index < -0.39 is 12.1 Å². The van der Waals surface area contributed by atoms with Gasteiger partial charge >= 0.3 is 6.03 Å². The Bertz CT molecular complexity index is 1110. The second kappa shape index (κ2) is 9.59. The number of likely N-dealkylation sites (N-methyl/N-ethyl adjacent to an activating group) is 2. The maximum atomic E-state index is 13.8. The van der Waals surface area contributed by atoms with Gasteiger partial charge in [-0.2, -0.15) is 0 Å². The Morgan fingerprint density at radius 3 is 2.44 bits per heavy atom. The SMILES string of the molecule is CCN(C)C(=O)[C@H](Cc1ccccc1)N1CC2=C(C1=O)[C@H](c1ccc(OC)cc1)NC(=O)N2C. The number of benzene rings is 2. The lowest BCUT2D eigenvalue weighted by Crippen LogP contribution is -2.50. The lowest BCUT2D eigenvalue weighted by atomic mass is 9.95. The summed E-state index contributed by atoms with van der Waals surface area (Å²) in [5, 5.41) is 2.94. The van der Waals surface area contributed by atoms with Crippen LogP contribution in [0.1, 0.15) is 24.1 Å². The molecule has 8 nitrogen and oxygen atoms in total. The van der Waals surface area contributed by atoms with Crippen LogP contribution in [-0.4, -0.2) is 72.9 Å². The highest BCUT2D eigenvalue weighted by Crippen LogP contribution is 2.37. The van der Waals surface area contributed by atoms with Crippen LogP contribution in [0, 0.1) is 0 Å². The third kappa shape index (κ3) is 4.23. The van der Waals surface area contributed by atoms with Gasteiger partial charge in [-0.3, -0.25) is 14.5 Å². The number of urea groups is 1. The molecule has 0 bridgehead atoms. The van der Waals surface area contributed by atoms with Crippen molar-refractivity contribution in [1.82, 2.24) is 20.0 Å². The van der Waals surface area contributed by atoms with Gasteiger partial charge in [0.2, 0.25) is 5.91 Å². The van der Waals surface area contributed by atoms with Crippen molar-refractivity contribution in [1.29, 1.82) is 0 Å². The van der Waals surface area contributed by atoms with Gasteiger partial charge < -0.3 is 19.9 Å². The molecule has 0 radical (unpaired) electrons. The Morgan fingerprint density at radius 1 is 1.15 bits per heavy atom. The molecule has 4 amide bonds. The number of carbonyl (C=O) groups is 3. The Labute approximate surface area is 199 Å². The van der Waals surface area contributed by atoms with E-state index in [9.17, 15) is 14.4 Å². The van der Waals surface area contributed by atoms with E-state index in [0.29, 0.717) is 30.0 Å². The molecule has 178 valence electrons. The fourth-order valence-corrected chi connectivity index (χ4v) is 4.46. The van der Waals surface area contributed by atoms with E-state index in [2.05, 4.69) is 5.32 Å². The highest BCUT2D eigenvalue weighted by Gasteiger charge is 2.46. The minimum absolute atomic E-state index is 0.123. The van der Waals surface area contributed by atoms with Gasteiger partial charge in [-0.05, 0) is 30.2 Å². The van der Waals surface area contributed by atoms with Gasteiger partial charge in [0.25, 0.3) is 5.91 Å². The number of nitrogens with one attached hydrogen (secondary N) is 1.